The van der Waals surface area contributed by atoms with Crippen LogP contribution >= 0.6 is 0 Å². The Hall–Kier alpha value is -0.350. The van der Waals surface area contributed by atoms with Crippen molar-refractivity contribution in [2.75, 3.05) is 7.05 Å². The van der Waals surface area contributed by atoms with E-state index in [4.69, 9.17) is 0 Å². The van der Waals surface area contributed by atoms with E-state index in [2.05, 4.69) is 57.3 Å². The second-order valence-corrected chi connectivity index (χ2v) is 4.27. The summed E-state index contributed by atoms with van der Waals surface area (Å²) in [6.07, 6.45) is 4.51. The highest BCUT2D eigenvalue weighted by Crippen LogP contribution is 2.20. The van der Waals surface area contributed by atoms with Crippen molar-refractivity contribution in [3.05, 3.63) is 35.9 Å². The number of fused-ring (bicyclic) bond motifs is 1. The molecule has 1 aromatic carbocycles. The van der Waals surface area contributed by atoms with Gasteiger partial charge >= 0.3 is 0 Å². The summed E-state index contributed by atoms with van der Waals surface area (Å²) in [6.45, 7) is 4.52. The molecule has 1 atom stereocenters. The molecule has 2 heteroatoms. The van der Waals surface area contributed by atoms with Gasteiger partial charge in [-0.2, -0.15) is 0 Å². The van der Waals surface area contributed by atoms with Crippen LogP contribution in [-0.2, 0) is 0 Å². The first kappa shape index (κ1) is 11.7. The minimum absolute atomic E-state index is 0. The quantitative estimate of drug-likeness (QED) is 0.565. The molecule has 0 aliphatic carbocycles. The third kappa shape index (κ3) is 1.86. The van der Waals surface area contributed by atoms with Gasteiger partial charge in [0.15, 0.2) is 0 Å². The number of likely N-dealkylation sites (N-methyl/N-ethyl adjacent to an activating group) is 1. The molecular weight excluding hydrogens is 285 g/mol. The molecular formula is C12H16IN. The summed E-state index contributed by atoms with van der Waals surface area (Å²) in [5.41, 5.74) is 2.96. The Morgan fingerprint density at radius 2 is 1.79 bits per heavy atom. The van der Waals surface area contributed by atoms with Crippen molar-refractivity contribution in [2.24, 2.45) is 0 Å². The number of hydrogen-bond donors (Lipinski definition) is 1. The van der Waals surface area contributed by atoms with E-state index in [1.165, 1.54) is 16.2 Å². The van der Waals surface area contributed by atoms with Gasteiger partial charge in [-0.15, -0.1) is 0 Å². The Labute approximate surface area is 103 Å². The molecule has 0 radical (unpaired) electrons. The highest BCUT2D eigenvalue weighted by molar-refractivity contribution is 5.63. The van der Waals surface area contributed by atoms with E-state index in [9.17, 15) is 0 Å². The van der Waals surface area contributed by atoms with Crippen molar-refractivity contribution >= 4 is 11.8 Å². The molecule has 1 nitrogen and oxygen atoms in total. The molecule has 0 saturated heterocycles. The maximum atomic E-state index is 2.28. The van der Waals surface area contributed by atoms with Crippen LogP contribution < -0.4 is 28.9 Å². The van der Waals surface area contributed by atoms with Crippen LogP contribution in [-0.4, -0.2) is 12.6 Å². The fraction of sp³-hybridized carbons (Fsp3) is 0.333. The van der Waals surface area contributed by atoms with Crippen molar-refractivity contribution in [2.45, 2.75) is 19.4 Å². The molecule has 0 spiro atoms. The number of hydrogen-bond acceptors (Lipinski definition) is 0. The van der Waals surface area contributed by atoms with Gasteiger partial charge in [-0.3, -0.25) is 4.90 Å². The SMILES string of the molecule is C[NH+]1c2ccccc2C=CC1(C)C.[I-]. The highest BCUT2D eigenvalue weighted by atomic mass is 127. The third-order valence-corrected chi connectivity index (χ3v) is 3.01. The smallest absolute Gasteiger partial charge is 0.138 e. The summed E-state index contributed by atoms with van der Waals surface area (Å²) in [7, 11) is 2.22. The monoisotopic (exact) mass is 301 g/mol. The number of halogens is 1. The molecule has 0 amide bonds. The Kier molecular flexibility index (Phi) is 3.37. The molecule has 76 valence electrons. The average Bonchev–Trinajstić information content (AvgIpc) is 2.13. The molecule has 0 fully saturated rings. The largest absolute Gasteiger partial charge is 1.00 e. The van der Waals surface area contributed by atoms with Crippen LogP contribution in [0.4, 0.5) is 5.69 Å². The van der Waals surface area contributed by atoms with Crippen molar-refractivity contribution in [1.82, 2.24) is 0 Å². The van der Waals surface area contributed by atoms with Gasteiger partial charge in [0.25, 0.3) is 0 Å². The number of nitrogens with one attached hydrogen (secondary N) is 1. The summed E-state index contributed by atoms with van der Waals surface area (Å²) in [5, 5.41) is 0. The summed E-state index contributed by atoms with van der Waals surface area (Å²) in [5.74, 6) is 0. The maximum Gasteiger partial charge on any atom is 0.138 e. The standard InChI is InChI=1S/C12H15N.HI/c1-12(2)9-8-10-6-4-5-7-11(10)13(12)3;/h4-9H,1-3H3;1H. The van der Waals surface area contributed by atoms with Crippen molar-refractivity contribution in [3.63, 3.8) is 0 Å². The van der Waals surface area contributed by atoms with E-state index in [0.717, 1.165) is 0 Å². The Bertz CT molecular complexity index is 355. The van der Waals surface area contributed by atoms with E-state index in [-0.39, 0.29) is 29.5 Å². The molecule has 2 rings (SSSR count). The van der Waals surface area contributed by atoms with Crippen molar-refractivity contribution in [3.8, 4) is 0 Å². The summed E-state index contributed by atoms with van der Waals surface area (Å²) >= 11 is 0. The van der Waals surface area contributed by atoms with Gasteiger partial charge in [-0.25, -0.2) is 0 Å². The molecule has 1 aliphatic rings. The van der Waals surface area contributed by atoms with E-state index >= 15 is 0 Å². The summed E-state index contributed by atoms with van der Waals surface area (Å²) in [4.78, 5) is 1.46. The number of rotatable bonds is 0. The normalized spacial score (nSPS) is 22.4. The lowest BCUT2D eigenvalue weighted by Crippen LogP contribution is -3.12. The highest BCUT2D eigenvalue weighted by Gasteiger charge is 2.30. The molecule has 1 N–H and O–H groups in total. The first-order valence-corrected chi connectivity index (χ1v) is 4.74. The van der Waals surface area contributed by atoms with E-state index in [0.29, 0.717) is 0 Å². The topological polar surface area (TPSA) is 4.44 Å². The fourth-order valence-corrected chi connectivity index (χ4v) is 1.75. The lowest BCUT2D eigenvalue weighted by atomic mass is 9.95. The molecule has 1 aliphatic heterocycles. The minimum atomic E-state index is 0. The van der Waals surface area contributed by atoms with Crippen LogP contribution in [0, 0.1) is 0 Å². The average molecular weight is 301 g/mol. The molecule has 1 unspecified atom stereocenters. The molecule has 14 heavy (non-hydrogen) atoms. The number of quaternary nitrogens is 1. The van der Waals surface area contributed by atoms with Gasteiger partial charge in [0.05, 0.1) is 7.05 Å². The Morgan fingerprint density at radius 3 is 2.50 bits per heavy atom. The molecule has 1 heterocycles. The van der Waals surface area contributed by atoms with Gasteiger partial charge in [0.2, 0.25) is 0 Å². The van der Waals surface area contributed by atoms with Crippen molar-refractivity contribution < 1.29 is 28.9 Å². The molecule has 1 aromatic rings. The lowest BCUT2D eigenvalue weighted by Gasteiger charge is -2.33. The molecule has 0 bridgehead atoms. The van der Waals surface area contributed by atoms with Crippen LogP contribution in [0.2, 0.25) is 0 Å². The maximum absolute atomic E-state index is 2.28. The van der Waals surface area contributed by atoms with Crippen LogP contribution in [0.3, 0.4) is 0 Å². The van der Waals surface area contributed by atoms with Gasteiger partial charge in [0.1, 0.15) is 11.2 Å². The lowest BCUT2D eigenvalue weighted by molar-refractivity contribution is -0.857. The zero-order valence-corrected chi connectivity index (χ0v) is 11.0. The predicted molar refractivity (Wildman–Crippen MR) is 56.1 cm³/mol. The van der Waals surface area contributed by atoms with Gasteiger partial charge in [0, 0.05) is 5.56 Å². The number of para-hydroxylation sites is 1. The van der Waals surface area contributed by atoms with E-state index in [1.54, 1.807) is 0 Å². The van der Waals surface area contributed by atoms with Gasteiger partial charge < -0.3 is 24.0 Å². The summed E-state index contributed by atoms with van der Waals surface area (Å²) in [6, 6.07) is 8.58. The zero-order chi connectivity index (χ0) is 9.47. The number of benzene rings is 1. The predicted octanol–water partition coefficient (Wildman–Crippen LogP) is -1.36. The van der Waals surface area contributed by atoms with Crippen LogP contribution in [0.15, 0.2) is 30.3 Å². The third-order valence-electron chi connectivity index (χ3n) is 3.01. The van der Waals surface area contributed by atoms with Crippen LogP contribution in [0.25, 0.3) is 6.08 Å². The fourth-order valence-electron chi connectivity index (χ4n) is 1.75. The Morgan fingerprint density at radius 1 is 1.14 bits per heavy atom. The van der Waals surface area contributed by atoms with E-state index < -0.39 is 0 Å². The van der Waals surface area contributed by atoms with Crippen LogP contribution in [0.5, 0.6) is 0 Å². The first-order valence-electron chi connectivity index (χ1n) is 4.74. The molecule has 0 saturated carbocycles. The second-order valence-electron chi connectivity index (χ2n) is 4.27. The van der Waals surface area contributed by atoms with Gasteiger partial charge in [-0.05, 0) is 38.1 Å². The zero-order valence-electron chi connectivity index (χ0n) is 8.84. The summed E-state index contributed by atoms with van der Waals surface area (Å²) < 4.78 is 0. The Balaban J connectivity index is 0.000000980. The van der Waals surface area contributed by atoms with E-state index in [1.807, 2.05) is 0 Å². The second kappa shape index (κ2) is 4.03. The minimum Gasteiger partial charge on any atom is -1.00 e. The molecule has 0 aromatic heterocycles. The van der Waals surface area contributed by atoms with Crippen LogP contribution in [0.1, 0.15) is 19.4 Å². The van der Waals surface area contributed by atoms with Crippen molar-refractivity contribution in [1.29, 1.82) is 0 Å². The first-order chi connectivity index (χ1) is 6.11. The van der Waals surface area contributed by atoms with Gasteiger partial charge in [-0.1, -0.05) is 12.1 Å².